The number of β-amino-alcohol motifs (C(OH)–C–C–N with tert-alkyl or cyclic N) is 1. The second kappa shape index (κ2) is 6.59. The molecule has 1 aromatic heterocycles. The van der Waals surface area contributed by atoms with Crippen LogP contribution in [0.2, 0.25) is 0 Å². The number of rotatable bonds is 4. The van der Waals surface area contributed by atoms with Crippen LogP contribution in [-0.2, 0) is 9.31 Å². The van der Waals surface area contributed by atoms with Gasteiger partial charge in [0.2, 0.25) is 5.95 Å². The van der Waals surface area contributed by atoms with Crippen molar-refractivity contribution in [2.45, 2.75) is 38.9 Å². The van der Waals surface area contributed by atoms with E-state index in [1.807, 2.05) is 27.7 Å². The van der Waals surface area contributed by atoms with E-state index in [1.54, 1.807) is 12.4 Å². The maximum atomic E-state index is 9.01. The minimum atomic E-state index is -0.426. The van der Waals surface area contributed by atoms with E-state index in [-0.39, 0.29) is 17.8 Å². The van der Waals surface area contributed by atoms with Gasteiger partial charge in [-0.05, 0) is 27.7 Å². The maximum Gasteiger partial charge on any atom is 0.498 e. The number of hydrogen-bond donors (Lipinski definition) is 1. The van der Waals surface area contributed by atoms with Crippen LogP contribution in [0.5, 0.6) is 0 Å². The molecule has 3 rings (SSSR count). The van der Waals surface area contributed by atoms with Gasteiger partial charge in [0.25, 0.3) is 0 Å². The normalized spacial score (nSPS) is 23.7. The quantitative estimate of drug-likeness (QED) is 0.771. The van der Waals surface area contributed by atoms with E-state index in [0.717, 1.165) is 44.1 Å². The Balaban J connectivity index is 1.63. The van der Waals surface area contributed by atoms with Gasteiger partial charge in [0.15, 0.2) is 0 Å². The number of piperazine rings is 1. The zero-order chi connectivity index (χ0) is 17.4. The SMILES string of the molecule is CC1(C)OB(c2cnc(N3CCN(CCO)CC3)nc2)OC1(C)C. The molecule has 2 aliphatic rings. The molecular weight excluding hydrogens is 307 g/mol. The number of aliphatic hydroxyl groups is 1. The first-order chi connectivity index (χ1) is 11.3. The standard InChI is InChI=1S/C16H27BN4O3/c1-15(2)16(3,4)24-17(23-15)13-11-18-14(19-12-13)21-7-5-20(6-8-21)9-10-22/h11-12,22H,5-10H2,1-4H3. The van der Waals surface area contributed by atoms with Crippen molar-refractivity contribution in [3.63, 3.8) is 0 Å². The van der Waals surface area contributed by atoms with Crippen molar-refractivity contribution >= 4 is 18.5 Å². The number of nitrogens with zero attached hydrogens (tertiary/aromatic N) is 4. The lowest BCUT2D eigenvalue weighted by Crippen LogP contribution is -2.48. The Morgan fingerprint density at radius 3 is 2.08 bits per heavy atom. The molecule has 0 saturated carbocycles. The average molecular weight is 334 g/mol. The summed E-state index contributed by atoms with van der Waals surface area (Å²) in [7, 11) is -0.426. The minimum absolute atomic E-state index is 0.208. The summed E-state index contributed by atoms with van der Waals surface area (Å²) in [6.07, 6.45) is 3.59. The largest absolute Gasteiger partial charge is 0.498 e. The molecule has 7 nitrogen and oxygen atoms in total. The van der Waals surface area contributed by atoms with E-state index >= 15 is 0 Å². The van der Waals surface area contributed by atoms with Crippen LogP contribution in [0, 0.1) is 0 Å². The summed E-state index contributed by atoms with van der Waals surface area (Å²) < 4.78 is 12.1. The molecule has 2 aliphatic heterocycles. The van der Waals surface area contributed by atoms with Crippen molar-refractivity contribution in [3.05, 3.63) is 12.4 Å². The Morgan fingerprint density at radius 2 is 1.58 bits per heavy atom. The number of hydrogen-bond acceptors (Lipinski definition) is 7. The van der Waals surface area contributed by atoms with Crippen LogP contribution >= 0.6 is 0 Å². The molecule has 0 atom stereocenters. The van der Waals surface area contributed by atoms with E-state index in [4.69, 9.17) is 14.4 Å². The fourth-order valence-electron chi connectivity index (χ4n) is 2.91. The van der Waals surface area contributed by atoms with Crippen LogP contribution in [0.3, 0.4) is 0 Å². The molecule has 132 valence electrons. The predicted molar refractivity (Wildman–Crippen MR) is 93.5 cm³/mol. The third-order valence-electron chi connectivity index (χ3n) is 5.25. The van der Waals surface area contributed by atoms with Crippen molar-refractivity contribution in [3.8, 4) is 0 Å². The molecule has 2 saturated heterocycles. The molecular formula is C16H27BN4O3. The van der Waals surface area contributed by atoms with E-state index in [0.29, 0.717) is 0 Å². The Kier molecular flexibility index (Phi) is 4.83. The summed E-state index contributed by atoms with van der Waals surface area (Å²) in [4.78, 5) is 13.4. The molecule has 0 amide bonds. The lowest BCUT2D eigenvalue weighted by molar-refractivity contribution is 0.00578. The van der Waals surface area contributed by atoms with Crippen LogP contribution < -0.4 is 10.4 Å². The Morgan fingerprint density at radius 1 is 1.04 bits per heavy atom. The highest BCUT2D eigenvalue weighted by molar-refractivity contribution is 6.61. The van der Waals surface area contributed by atoms with Gasteiger partial charge < -0.3 is 19.3 Å². The van der Waals surface area contributed by atoms with Crippen LogP contribution in [0.15, 0.2) is 12.4 Å². The molecule has 0 aromatic carbocycles. The van der Waals surface area contributed by atoms with Gasteiger partial charge in [-0.15, -0.1) is 0 Å². The first-order valence-electron chi connectivity index (χ1n) is 8.58. The third kappa shape index (κ3) is 3.42. The van der Waals surface area contributed by atoms with Crippen molar-refractivity contribution in [1.82, 2.24) is 14.9 Å². The van der Waals surface area contributed by atoms with E-state index in [1.165, 1.54) is 0 Å². The molecule has 1 aromatic rings. The first kappa shape index (κ1) is 17.6. The first-order valence-corrected chi connectivity index (χ1v) is 8.58. The molecule has 8 heteroatoms. The topological polar surface area (TPSA) is 71.0 Å². The number of aliphatic hydroxyl groups excluding tert-OH is 1. The Hall–Kier alpha value is -1.22. The zero-order valence-corrected chi connectivity index (χ0v) is 15.0. The van der Waals surface area contributed by atoms with Gasteiger partial charge >= 0.3 is 7.12 Å². The highest BCUT2D eigenvalue weighted by Gasteiger charge is 2.51. The summed E-state index contributed by atoms with van der Waals surface area (Å²) in [6, 6.07) is 0. The van der Waals surface area contributed by atoms with Gasteiger partial charge in [0.1, 0.15) is 0 Å². The van der Waals surface area contributed by atoms with Crippen LogP contribution in [0.4, 0.5) is 5.95 Å². The fraction of sp³-hybridized carbons (Fsp3) is 0.750. The molecule has 1 N–H and O–H groups in total. The van der Waals surface area contributed by atoms with Gasteiger partial charge in [0.05, 0.1) is 17.8 Å². The van der Waals surface area contributed by atoms with Gasteiger partial charge in [-0.25, -0.2) is 9.97 Å². The van der Waals surface area contributed by atoms with Crippen LogP contribution in [0.25, 0.3) is 0 Å². The molecule has 3 heterocycles. The van der Waals surface area contributed by atoms with Crippen molar-refractivity contribution in [2.75, 3.05) is 44.2 Å². The van der Waals surface area contributed by atoms with E-state index in [2.05, 4.69) is 19.8 Å². The molecule has 2 fully saturated rings. The van der Waals surface area contributed by atoms with Gasteiger partial charge in [-0.1, -0.05) is 0 Å². The highest BCUT2D eigenvalue weighted by atomic mass is 16.7. The smallest absolute Gasteiger partial charge is 0.399 e. The van der Waals surface area contributed by atoms with Gasteiger partial charge in [-0.2, -0.15) is 0 Å². The Labute approximate surface area is 144 Å². The molecule has 0 bridgehead atoms. The molecule has 0 spiro atoms. The molecule has 24 heavy (non-hydrogen) atoms. The molecule has 0 aliphatic carbocycles. The lowest BCUT2D eigenvalue weighted by atomic mass is 9.81. The minimum Gasteiger partial charge on any atom is -0.399 e. The summed E-state index contributed by atoms with van der Waals surface area (Å²) in [5, 5.41) is 9.01. The fourth-order valence-corrected chi connectivity index (χ4v) is 2.91. The second-order valence-electron chi connectivity index (χ2n) is 7.46. The van der Waals surface area contributed by atoms with Gasteiger partial charge in [-0.3, -0.25) is 4.90 Å². The monoisotopic (exact) mass is 334 g/mol. The average Bonchev–Trinajstić information content (AvgIpc) is 2.77. The number of anilines is 1. The van der Waals surface area contributed by atoms with Crippen LogP contribution in [0.1, 0.15) is 27.7 Å². The van der Waals surface area contributed by atoms with E-state index in [9.17, 15) is 0 Å². The maximum absolute atomic E-state index is 9.01. The summed E-state index contributed by atoms with van der Waals surface area (Å²) in [5.41, 5.74) is 0.120. The van der Waals surface area contributed by atoms with Crippen LogP contribution in [-0.4, -0.2) is 77.6 Å². The summed E-state index contributed by atoms with van der Waals surface area (Å²) >= 11 is 0. The predicted octanol–water partition coefficient (Wildman–Crippen LogP) is -0.110. The highest BCUT2D eigenvalue weighted by Crippen LogP contribution is 2.36. The third-order valence-corrected chi connectivity index (χ3v) is 5.25. The van der Waals surface area contributed by atoms with Crippen molar-refractivity contribution < 1.29 is 14.4 Å². The lowest BCUT2D eigenvalue weighted by Gasteiger charge is -2.34. The number of aromatic nitrogens is 2. The molecule has 0 radical (unpaired) electrons. The van der Waals surface area contributed by atoms with E-state index < -0.39 is 7.12 Å². The van der Waals surface area contributed by atoms with Crippen molar-refractivity contribution in [2.24, 2.45) is 0 Å². The van der Waals surface area contributed by atoms with Gasteiger partial charge in [0, 0.05) is 50.6 Å². The van der Waals surface area contributed by atoms with Crippen molar-refractivity contribution in [1.29, 1.82) is 0 Å². The summed E-state index contributed by atoms with van der Waals surface area (Å²) in [6.45, 7) is 12.7. The second-order valence-corrected chi connectivity index (χ2v) is 7.46. The Bertz CT molecular complexity index is 543. The molecule has 0 unspecified atom stereocenters. The zero-order valence-electron chi connectivity index (χ0n) is 15.0. The summed E-state index contributed by atoms with van der Waals surface area (Å²) in [5.74, 6) is 0.735.